The van der Waals surface area contributed by atoms with E-state index in [0.717, 1.165) is 36.3 Å². The number of likely N-dealkylation sites (N-methyl/N-ethyl adjacent to an activating group) is 1. The number of hydrogen-bond acceptors (Lipinski definition) is 3. The van der Waals surface area contributed by atoms with E-state index in [-0.39, 0.29) is 6.10 Å². The highest BCUT2D eigenvalue weighted by Gasteiger charge is 2.29. The maximum Gasteiger partial charge on any atom is 0.0750 e. The molecule has 0 aromatic heterocycles. The monoisotopic (exact) mass is 294 g/mol. The molecule has 1 saturated heterocycles. The number of nitrogens with one attached hydrogen (secondary N) is 1. The fourth-order valence-electron chi connectivity index (χ4n) is 2.90. The summed E-state index contributed by atoms with van der Waals surface area (Å²) in [7, 11) is 2.11. The van der Waals surface area contributed by atoms with Crippen molar-refractivity contribution in [3.63, 3.8) is 0 Å². The van der Waals surface area contributed by atoms with Crippen molar-refractivity contribution in [2.45, 2.75) is 50.9 Å². The van der Waals surface area contributed by atoms with E-state index >= 15 is 0 Å². The second-order valence-corrected chi connectivity index (χ2v) is 6.39. The Morgan fingerprint density at radius 3 is 2.75 bits per heavy atom. The Hall–Kier alpha value is -0.770. The summed E-state index contributed by atoms with van der Waals surface area (Å²) in [6.45, 7) is 3.89. The van der Waals surface area contributed by atoms with Crippen LogP contribution in [0.25, 0.3) is 0 Å². The summed E-state index contributed by atoms with van der Waals surface area (Å²) in [4.78, 5) is 2.26. The number of nitrogens with zero attached hydrogens (tertiary/aromatic N) is 1. The van der Waals surface area contributed by atoms with Crippen LogP contribution in [0.4, 0.5) is 5.69 Å². The first-order valence-electron chi connectivity index (χ1n) is 7.51. The molecule has 2 atom stereocenters. The lowest BCUT2D eigenvalue weighted by Crippen LogP contribution is -2.36. The second-order valence-electron chi connectivity index (χ2n) is 5.98. The Morgan fingerprint density at radius 2 is 2.15 bits per heavy atom. The fourth-order valence-corrected chi connectivity index (χ4v) is 3.24. The van der Waals surface area contributed by atoms with Crippen molar-refractivity contribution in [1.82, 2.24) is 5.32 Å². The highest BCUT2D eigenvalue weighted by atomic mass is 35.5. The van der Waals surface area contributed by atoms with Gasteiger partial charge in [-0.05, 0) is 43.9 Å². The largest absolute Gasteiger partial charge is 0.376 e. The molecule has 20 heavy (non-hydrogen) atoms. The molecule has 2 aliphatic rings. The molecule has 1 N–H and O–H groups in total. The average molecular weight is 295 g/mol. The molecule has 1 heterocycles. The molecular formula is C16H23ClN2O. The third-order valence-corrected chi connectivity index (χ3v) is 4.70. The number of benzene rings is 1. The van der Waals surface area contributed by atoms with E-state index in [9.17, 15) is 0 Å². The van der Waals surface area contributed by atoms with Gasteiger partial charge in [0.05, 0.1) is 22.9 Å². The van der Waals surface area contributed by atoms with E-state index in [0.29, 0.717) is 6.04 Å². The van der Waals surface area contributed by atoms with Crippen LogP contribution in [0.3, 0.4) is 0 Å². The zero-order chi connectivity index (χ0) is 14.1. The van der Waals surface area contributed by atoms with Crippen molar-refractivity contribution in [2.24, 2.45) is 0 Å². The van der Waals surface area contributed by atoms with Gasteiger partial charge < -0.3 is 15.0 Å². The van der Waals surface area contributed by atoms with Gasteiger partial charge >= 0.3 is 0 Å². The molecule has 1 aliphatic carbocycles. The smallest absolute Gasteiger partial charge is 0.0750 e. The van der Waals surface area contributed by atoms with E-state index in [2.05, 4.69) is 42.4 Å². The molecule has 1 aromatic carbocycles. The Morgan fingerprint density at radius 1 is 1.35 bits per heavy atom. The van der Waals surface area contributed by atoms with Crippen LogP contribution in [0.2, 0.25) is 5.02 Å². The van der Waals surface area contributed by atoms with Crippen LogP contribution >= 0.6 is 11.6 Å². The highest BCUT2D eigenvalue weighted by molar-refractivity contribution is 6.33. The average Bonchev–Trinajstić information content (AvgIpc) is 3.16. The van der Waals surface area contributed by atoms with Crippen molar-refractivity contribution >= 4 is 17.3 Å². The Kier molecular flexibility index (Phi) is 4.20. The number of halogens is 1. The number of anilines is 1. The molecule has 2 fully saturated rings. The Balaban J connectivity index is 1.69. The van der Waals surface area contributed by atoms with Crippen molar-refractivity contribution in [1.29, 1.82) is 0 Å². The predicted octanol–water partition coefficient (Wildman–Crippen LogP) is 3.21. The molecule has 4 heteroatoms. The molecule has 2 unspecified atom stereocenters. The van der Waals surface area contributed by atoms with Crippen molar-refractivity contribution in [3.05, 3.63) is 28.8 Å². The quantitative estimate of drug-likeness (QED) is 0.902. The summed E-state index contributed by atoms with van der Waals surface area (Å²) in [5.41, 5.74) is 2.36. The molecule has 3 nitrogen and oxygen atoms in total. The van der Waals surface area contributed by atoms with Gasteiger partial charge in [0.15, 0.2) is 0 Å². The van der Waals surface area contributed by atoms with Gasteiger partial charge in [0, 0.05) is 26.2 Å². The molecule has 0 bridgehead atoms. The van der Waals surface area contributed by atoms with Crippen LogP contribution in [0.5, 0.6) is 0 Å². The van der Waals surface area contributed by atoms with Crippen LogP contribution in [0.15, 0.2) is 18.2 Å². The summed E-state index contributed by atoms with van der Waals surface area (Å²) in [6, 6.07) is 7.55. The number of rotatable bonds is 5. The minimum absolute atomic E-state index is 0.271. The molecule has 0 spiro atoms. The lowest BCUT2D eigenvalue weighted by atomic mass is 10.1. The van der Waals surface area contributed by atoms with Gasteiger partial charge in [-0.3, -0.25) is 0 Å². The van der Waals surface area contributed by atoms with Gasteiger partial charge in [0.25, 0.3) is 0 Å². The van der Waals surface area contributed by atoms with Gasteiger partial charge in [0.1, 0.15) is 0 Å². The lowest BCUT2D eigenvalue weighted by Gasteiger charge is -2.29. The van der Waals surface area contributed by atoms with E-state index in [1.54, 1.807) is 0 Å². The summed E-state index contributed by atoms with van der Waals surface area (Å²) in [5, 5.41) is 4.35. The topological polar surface area (TPSA) is 24.5 Å². The first-order chi connectivity index (χ1) is 9.65. The third-order valence-electron chi connectivity index (χ3n) is 4.40. The molecule has 1 aliphatic heterocycles. The lowest BCUT2D eigenvalue weighted by molar-refractivity contribution is 0.118. The Labute approximate surface area is 126 Å². The third kappa shape index (κ3) is 3.11. The van der Waals surface area contributed by atoms with Crippen LogP contribution in [0, 0.1) is 0 Å². The van der Waals surface area contributed by atoms with Crippen molar-refractivity contribution < 1.29 is 4.74 Å². The molecule has 1 saturated carbocycles. The number of hydrogen-bond donors (Lipinski definition) is 1. The van der Waals surface area contributed by atoms with Gasteiger partial charge in [-0.2, -0.15) is 0 Å². The summed E-state index contributed by atoms with van der Waals surface area (Å²) in [5.74, 6) is 0. The molecule has 0 amide bonds. The van der Waals surface area contributed by atoms with Gasteiger partial charge in [-0.1, -0.05) is 17.7 Å². The van der Waals surface area contributed by atoms with Crippen LogP contribution in [0.1, 0.15) is 31.7 Å². The summed E-state index contributed by atoms with van der Waals surface area (Å²) < 4.78 is 5.65. The molecule has 110 valence electrons. The van der Waals surface area contributed by atoms with Crippen LogP contribution in [-0.4, -0.2) is 31.8 Å². The van der Waals surface area contributed by atoms with E-state index in [1.807, 2.05) is 0 Å². The number of ether oxygens (including phenoxy) is 1. The van der Waals surface area contributed by atoms with Crippen molar-refractivity contribution in [3.8, 4) is 0 Å². The summed E-state index contributed by atoms with van der Waals surface area (Å²) in [6.07, 6.45) is 3.97. The molecule has 1 aromatic rings. The maximum absolute atomic E-state index is 6.47. The highest BCUT2D eigenvalue weighted by Crippen LogP contribution is 2.31. The maximum atomic E-state index is 6.47. The molecule has 0 radical (unpaired) electrons. The zero-order valence-electron chi connectivity index (χ0n) is 12.2. The normalized spacial score (nSPS) is 25.9. The van der Waals surface area contributed by atoms with Gasteiger partial charge in [-0.15, -0.1) is 0 Å². The summed E-state index contributed by atoms with van der Waals surface area (Å²) >= 11 is 6.47. The predicted molar refractivity (Wildman–Crippen MR) is 83.5 cm³/mol. The first kappa shape index (κ1) is 14.2. The van der Waals surface area contributed by atoms with Crippen LogP contribution in [-0.2, 0) is 11.3 Å². The van der Waals surface area contributed by atoms with Gasteiger partial charge in [-0.25, -0.2) is 0 Å². The SMILES string of the molecule is CC1OCCC1N(C)c1ccc(CNC2CC2)cc1Cl. The second kappa shape index (κ2) is 5.92. The fraction of sp³-hybridized carbons (Fsp3) is 0.625. The minimum Gasteiger partial charge on any atom is -0.376 e. The minimum atomic E-state index is 0.271. The molecule has 3 rings (SSSR count). The van der Waals surface area contributed by atoms with E-state index in [4.69, 9.17) is 16.3 Å². The van der Waals surface area contributed by atoms with Crippen molar-refractivity contribution in [2.75, 3.05) is 18.6 Å². The van der Waals surface area contributed by atoms with E-state index < -0.39 is 0 Å². The van der Waals surface area contributed by atoms with E-state index in [1.165, 1.54) is 18.4 Å². The zero-order valence-corrected chi connectivity index (χ0v) is 13.0. The van der Waals surface area contributed by atoms with Gasteiger partial charge in [0.2, 0.25) is 0 Å². The first-order valence-corrected chi connectivity index (χ1v) is 7.89. The Bertz CT molecular complexity index is 476. The van der Waals surface area contributed by atoms with Crippen LogP contribution < -0.4 is 10.2 Å². The standard InChI is InChI=1S/C16H23ClN2O/c1-11-15(7-8-20-11)19(2)16-6-3-12(9-14(16)17)10-18-13-4-5-13/h3,6,9,11,13,15,18H,4-5,7-8,10H2,1-2H3. The molecular weight excluding hydrogens is 272 g/mol.